The predicted octanol–water partition coefficient (Wildman–Crippen LogP) is 4.40. The van der Waals surface area contributed by atoms with E-state index in [9.17, 15) is 0 Å². The Hall–Kier alpha value is -1.16. The standard InChI is InChI=1S/C16H24N2OS/c1-5-19-13-8-6-12(7-9-13)17-15-18-14(10-11-20-15)16(2,3)4/h6-9,14H,5,10-11H2,1-4H3,(H,17,18). The van der Waals surface area contributed by atoms with Crippen LogP contribution in [0.25, 0.3) is 0 Å². The Morgan fingerprint density at radius 3 is 2.60 bits per heavy atom. The molecule has 3 nitrogen and oxygen atoms in total. The van der Waals surface area contributed by atoms with E-state index in [0.717, 1.165) is 28.8 Å². The fourth-order valence-corrected chi connectivity index (χ4v) is 3.06. The van der Waals surface area contributed by atoms with Gasteiger partial charge < -0.3 is 10.1 Å². The number of aliphatic imine (C=N–C) groups is 1. The Labute approximate surface area is 126 Å². The highest BCUT2D eigenvalue weighted by molar-refractivity contribution is 8.14. The highest BCUT2D eigenvalue weighted by Crippen LogP contribution is 2.31. The van der Waals surface area contributed by atoms with Crippen LogP contribution in [0.2, 0.25) is 0 Å². The largest absolute Gasteiger partial charge is 0.494 e. The molecular weight excluding hydrogens is 268 g/mol. The summed E-state index contributed by atoms with van der Waals surface area (Å²) in [6.45, 7) is 9.46. The molecule has 0 saturated carbocycles. The van der Waals surface area contributed by atoms with Crippen LogP contribution in [0.1, 0.15) is 34.1 Å². The lowest BCUT2D eigenvalue weighted by Gasteiger charge is -2.31. The van der Waals surface area contributed by atoms with Gasteiger partial charge in [-0.05, 0) is 43.0 Å². The van der Waals surface area contributed by atoms with Gasteiger partial charge in [-0.2, -0.15) is 0 Å². The van der Waals surface area contributed by atoms with Gasteiger partial charge in [-0.3, -0.25) is 4.99 Å². The number of hydrogen-bond donors (Lipinski definition) is 1. The third-order valence-corrected chi connectivity index (χ3v) is 4.24. The van der Waals surface area contributed by atoms with Crippen molar-refractivity contribution in [3.63, 3.8) is 0 Å². The number of ether oxygens (including phenoxy) is 1. The molecule has 0 saturated heterocycles. The first-order valence-corrected chi connectivity index (χ1v) is 8.18. The second-order valence-corrected chi connectivity index (χ2v) is 7.12. The molecule has 0 fully saturated rings. The van der Waals surface area contributed by atoms with Crippen molar-refractivity contribution in [3.05, 3.63) is 24.3 Å². The van der Waals surface area contributed by atoms with Crippen molar-refractivity contribution >= 4 is 22.6 Å². The van der Waals surface area contributed by atoms with Crippen LogP contribution in [-0.2, 0) is 0 Å². The molecule has 1 aliphatic rings. The average molecular weight is 292 g/mol. The molecule has 0 aromatic heterocycles. The zero-order valence-corrected chi connectivity index (χ0v) is 13.6. The molecule has 1 heterocycles. The molecule has 0 radical (unpaired) electrons. The van der Waals surface area contributed by atoms with Gasteiger partial charge in [-0.15, -0.1) is 0 Å². The maximum Gasteiger partial charge on any atom is 0.161 e. The van der Waals surface area contributed by atoms with Crippen LogP contribution in [-0.4, -0.2) is 23.6 Å². The summed E-state index contributed by atoms with van der Waals surface area (Å²) < 4.78 is 5.45. The van der Waals surface area contributed by atoms with Gasteiger partial charge in [0, 0.05) is 11.4 Å². The smallest absolute Gasteiger partial charge is 0.161 e. The van der Waals surface area contributed by atoms with Crippen molar-refractivity contribution in [2.24, 2.45) is 10.4 Å². The summed E-state index contributed by atoms with van der Waals surface area (Å²) in [5, 5.41) is 4.44. The summed E-state index contributed by atoms with van der Waals surface area (Å²) in [4.78, 5) is 4.84. The monoisotopic (exact) mass is 292 g/mol. The molecule has 1 atom stereocenters. The van der Waals surface area contributed by atoms with E-state index in [4.69, 9.17) is 9.73 Å². The average Bonchev–Trinajstić information content (AvgIpc) is 2.41. The van der Waals surface area contributed by atoms with Gasteiger partial charge in [0.2, 0.25) is 0 Å². The molecule has 110 valence electrons. The van der Waals surface area contributed by atoms with Crippen LogP contribution in [0, 0.1) is 5.41 Å². The van der Waals surface area contributed by atoms with Crippen molar-refractivity contribution in [1.82, 2.24) is 0 Å². The fraction of sp³-hybridized carbons (Fsp3) is 0.562. The molecule has 20 heavy (non-hydrogen) atoms. The Balaban J connectivity index is 2.03. The zero-order chi connectivity index (χ0) is 14.6. The maximum absolute atomic E-state index is 5.45. The van der Waals surface area contributed by atoms with Gasteiger partial charge in [0.1, 0.15) is 5.75 Å². The molecule has 1 unspecified atom stereocenters. The first-order chi connectivity index (χ1) is 9.49. The Kier molecular flexibility index (Phi) is 4.97. The second kappa shape index (κ2) is 6.53. The van der Waals surface area contributed by atoms with Crippen LogP contribution in [0.15, 0.2) is 29.3 Å². The number of rotatable bonds is 3. The van der Waals surface area contributed by atoms with Crippen LogP contribution < -0.4 is 10.1 Å². The summed E-state index contributed by atoms with van der Waals surface area (Å²) in [6.07, 6.45) is 1.16. The normalized spacial score (nSPS) is 19.4. The molecular formula is C16H24N2OS. The van der Waals surface area contributed by atoms with E-state index in [-0.39, 0.29) is 5.41 Å². The first-order valence-electron chi connectivity index (χ1n) is 7.19. The van der Waals surface area contributed by atoms with Gasteiger partial charge in [-0.25, -0.2) is 0 Å². The number of thioether (sulfide) groups is 1. The molecule has 0 bridgehead atoms. The van der Waals surface area contributed by atoms with E-state index in [1.54, 1.807) is 11.8 Å². The van der Waals surface area contributed by atoms with Crippen molar-refractivity contribution in [3.8, 4) is 5.75 Å². The zero-order valence-electron chi connectivity index (χ0n) is 12.8. The summed E-state index contributed by atoms with van der Waals surface area (Å²) in [7, 11) is 0. The molecule has 1 aromatic rings. The van der Waals surface area contributed by atoms with Crippen LogP contribution in [0.3, 0.4) is 0 Å². The van der Waals surface area contributed by atoms with Gasteiger partial charge >= 0.3 is 0 Å². The van der Waals surface area contributed by atoms with Gasteiger partial charge in [0.25, 0.3) is 0 Å². The van der Waals surface area contributed by atoms with E-state index >= 15 is 0 Å². The summed E-state index contributed by atoms with van der Waals surface area (Å²) in [5.41, 5.74) is 1.29. The Bertz CT molecular complexity index is 462. The Morgan fingerprint density at radius 1 is 1.30 bits per heavy atom. The molecule has 0 amide bonds. The molecule has 2 rings (SSSR count). The minimum Gasteiger partial charge on any atom is -0.494 e. The summed E-state index contributed by atoms with van der Waals surface area (Å²) in [5.74, 6) is 2.04. The second-order valence-electron chi connectivity index (χ2n) is 6.04. The van der Waals surface area contributed by atoms with Crippen molar-refractivity contribution in [1.29, 1.82) is 0 Å². The molecule has 1 N–H and O–H groups in total. The maximum atomic E-state index is 5.45. The number of hydrogen-bond acceptors (Lipinski definition) is 4. The number of nitrogens with one attached hydrogen (secondary N) is 1. The molecule has 1 aliphatic heterocycles. The van der Waals surface area contributed by atoms with Crippen molar-refractivity contribution in [2.75, 3.05) is 17.7 Å². The fourth-order valence-electron chi connectivity index (χ4n) is 2.13. The van der Waals surface area contributed by atoms with Crippen LogP contribution in [0.4, 0.5) is 5.69 Å². The van der Waals surface area contributed by atoms with E-state index in [2.05, 4.69) is 26.1 Å². The molecule has 0 aliphatic carbocycles. The lowest BCUT2D eigenvalue weighted by molar-refractivity contribution is 0.316. The van der Waals surface area contributed by atoms with Gasteiger partial charge in [0.15, 0.2) is 5.17 Å². The highest BCUT2D eigenvalue weighted by Gasteiger charge is 2.27. The first kappa shape index (κ1) is 15.2. The number of nitrogens with zero attached hydrogens (tertiary/aromatic N) is 1. The minimum absolute atomic E-state index is 0.229. The third kappa shape index (κ3) is 4.17. The summed E-state index contributed by atoms with van der Waals surface area (Å²) >= 11 is 1.80. The lowest BCUT2D eigenvalue weighted by Crippen LogP contribution is -2.30. The molecule has 4 heteroatoms. The number of anilines is 1. The highest BCUT2D eigenvalue weighted by atomic mass is 32.2. The third-order valence-electron chi connectivity index (χ3n) is 3.32. The predicted molar refractivity (Wildman–Crippen MR) is 89.0 cm³/mol. The molecule has 0 spiro atoms. The topological polar surface area (TPSA) is 33.6 Å². The van der Waals surface area contributed by atoms with E-state index < -0.39 is 0 Å². The number of amidine groups is 1. The SMILES string of the molecule is CCOc1ccc(NC2=NC(C(C)(C)C)CCS2)cc1. The van der Waals surface area contributed by atoms with Crippen molar-refractivity contribution in [2.45, 2.75) is 40.2 Å². The molecule has 1 aromatic carbocycles. The Morgan fingerprint density at radius 2 is 2.00 bits per heavy atom. The number of benzene rings is 1. The summed E-state index contributed by atoms with van der Waals surface area (Å²) in [6, 6.07) is 8.44. The van der Waals surface area contributed by atoms with E-state index in [1.165, 1.54) is 0 Å². The minimum atomic E-state index is 0.229. The van der Waals surface area contributed by atoms with Gasteiger partial charge in [0.05, 0.1) is 12.6 Å². The van der Waals surface area contributed by atoms with Gasteiger partial charge in [-0.1, -0.05) is 32.5 Å². The van der Waals surface area contributed by atoms with E-state index in [1.807, 2.05) is 31.2 Å². The van der Waals surface area contributed by atoms with Crippen LogP contribution in [0.5, 0.6) is 5.75 Å². The van der Waals surface area contributed by atoms with E-state index in [0.29, 0.717) is 12.6 Å². The van der Waals surface area contributed by atoms with Crippen LogP contribution >= 0.6 is 11.8 Å². The van der Waals surface area contributed by atoms with Crippen molar-refractivity contribution < 1.29 is 4.74 Å². The quantitative estimate of drug-likeness (QED) is 0.896. The lowest BCUT2D eigenvalue weighted by atomic mass is 9.85.